The molecule has 1 unspecified atom stereocenters. The topological polar surface area (TPSA) is 49.8 Å². The Morgan fingerprint density at radius 1 is 1.50 bits per heavy atom. The van der Waals surface area contributed by atoms with Crippen LogP contribution < -0.4 is 5.32 Å². The van der Waals surface area contributed by atoms with E-state index < -0.39 is 0 Å². The number of thiophene rings is 1. The number of aromatic nitrogens is 1. The SMILES string of the molecule is CN=C(NCc1ccc(Br)s1)N(C)Cc1csc(C(C)OC)n1.I. The van der Waals surface area contributed by atoms with Gasteiger partial charge in [-0.3, -0.25) is 4.99 Å². The molecule has 0 radical (unpaired) electrons. The predicted octanol–water partition coefficient (Wildman–Crippen LogP) is 4.50. The van der Waals surface area contributed by atoms with Crippen molar-refractivity contribution in [3.05, 3.63) is 36.9 Å². The van der Waals surface area contributed by atoms with Crippen LogP contribution in [0.5, 0.6) is 0 Å². The Labute approximate surface area is 176 Å². The molecule has 0 amide bonds. The Bertz CT molecular complexity index is 661. The van der Waals surface area contributed by atoms with Gasteiger partial charge < -0.3 is 15.0 Å². The van der Waals surface area contributed by atoms with Gasteiger partial charge in [-0.05, 0) is 35.0 Å². The Hall–Kier alpha value is -0.230. The standard InChI is InChI=1S/C15H21BrN4OS2.HI/c1-10(21-4)14-19-11(9-22-14)8-20(3)15(17-2)18-7-12-5-6-13(16)23-12;/h5-6,9-10H,7-8H2,1-4H3,(H,17,18);1H. The maximum atomic E-state index is 5.31. The van der Waals surface area contributed by atoms with Crippen molar-refractivity contribution in [1.29, 1.82) is 0 Å². The van der Waals surface area contributed by atoms with Crippen LogP contribution in [0.4, 0.5) is 0 Å². The normalized spacial score (nSPS) is 12.6. The number of rotatable bonds is 6. The van der Waals surface area contributed by atoms with Gasteiger partial charge in [0.15, 0.2) is 5.96 Å². The number of halogens is 2. The van der Waals surface area contributed by atoms with Crippen molar-refractivity contribution in [2.24, 2.45) is 4.99 Å². The van der Waals surface area contributed by atoms with Gasteiger partial charge in [0.2, 0.25) is 0 Å². The summed E-state index contributed by atoms with van der Waals surface area (Å²) in [6.45, 7) is 3.48. The number of methoxy groups -OCH3 is 1. The minimum Gasteiger partial charge on any atom is -0.375 e. The summed E-state index contributed by atoms with van der Waals surface area (Å²) < 4.78 is 6.45. The molecule has 0 saturated carbocycles. The molecule has 0 saturated heterocycles. The highest BCUT2D eigenvalue weighted by Crippen LogP contribution is 2.22. The van der Waals surface area contributed by atoms with Gasteiger partial charge in [-0.25, -0.2) is 4.98 Å². The molecule has 0 bridgehead atoms. The molecule has 0 aromatic carbocycles. The lowest BCUT2D eigenvalue weighted by Crippen LogP contribution is -2.37. The molecule has 2 rings (SSSR count). The monoisotopic (exact) mass is 544 g/mol. The smallest absolute Gasteiger partial charge is 0.194 e. The molecule has 2 heterocycles. The highest BCUT2D eigenvalue weighted by Gasteiger charge is 2.12. The zero-order valence-corrected chi connectivity index (χ0v) is 19.6. The van der Waals surface area contributed by atoms with E-state index >= 15 is 0 Å². The Kier molecular flexibility index (Phi) is 9.72. The summed E-state index contributed by atoms with van der Waals surface area (Å²) in [4.78, 5) is 12.3. The van der Waals surface area contributed by atoms with E-state index in [0.29, 0.717) is 6.54 Å². The Balaban J connectivity index is 0.00000288. The van der Waals surface area contributed by atoms with Crippen molar-refractivity contribution in [3.63, 3.8) is 0 Å². The predicted molar refractivity (Wildman–Crippen MR) is 117 cm³/mol. The fourth-order valence-electron chi connectivity index (χ4n) is 2.00. The first kappa shape index (κ1) is 21.8. The zero-order valence-electron chi connectivity index (χ0n) is 14.1. The van der Waals surface area contributed by atoms with Gasteiger partial charge in [-0.1, -0.05) is 0 Å². The molecule has 0 aliphatic rings. The first-order valence-corrected chi connectivity index (χ1v) is 9.65. The second-order valence-corrected chi connectivity index (χ2v) is 8.45. The molecule has 1 N–H and O–H groups in total. The van der Waals surface area contributed by atoms with Gasteiger partial charge >= 0.3 is 0 Å². The molecule has 0 aliphatic carbocycles. The van der Waals surface area contributed by atoms with Crippen LogP contribution in [-0.2, 0) is 17.8 Å². The van der Waals surface area contributed by atoms with Crippen LogP contribution in [0.15, 0.2) is 26.3 Å². The fraction of sp³-hybridized carbons (Fsp3) is 0.467. The van der Waals surface area contributed by atoms with Crippen LogP contribution in [0.2, 0.25) is 0 Å². The molecule has 1 atom stereocenters. The van der Waals surface area contributed by atoms with Crippen LogP contribution in [-0.4, -0.2) is 37.0 Å². The molecule has 0 spiro atoms. The van der Waals surface area contributed by atoms with Crippen LogP contribution in [0.25, 0.3) is 0 Å². The van der Waals surface area contributed by atoms with Gasteiger partial charge in [-0.2, -0.15) is 0 Å². The summed E-state index contributed by atoms with van der Waals surface area (Å²) in [5, 5.41) is 6.45. The number of guanidine groups is 1. The molecule has 5 nitrogen and oxygen atoms in total. The van der Waals surface area contributed by atoms with E-state index in [1.807, 2.05) is 14.0 Å². The second-order valence-electron chi connectivity index (χ2n) is 5.02. The number of nitrogens with one attached hydrogen (secondary N) is 1. The first-order chi connectivity index (χ1) is 11.0. The number of hydrogen-bond acceptors (Lipinski definition) is 5. The third-order valence-electron chi connectivity index (χ3n) is 3.29. The van der Waals surface area contributed by atoms with Crippen molar-refractivity contribution in [1.82, 2.24) is 15.2 Å². The van der Waals surface area contributed by atoms with Crippen molar-refractivity contribution in [2.75, 3.05) is 21.2 Å². The Morgan fingerprint density at radius 2 is 2.25 bits per heavy atom. The maximum Gasteiger partial charge on any atom is 0.194 e. The lowest BCUT2D eigenvalue weighted by molar-refractivity contribution is 0.119. The third-order valence-corrected chi connectivity index (χ3v) is 5.97. The quantitative estimate of drug-likeness (QED) is 0.330. The van der Waals surface area contributed by atoms with E-state index in [0.717, 1.165) is 27.0 Å². The molecule has 2 aromatic rings. The molecule has 24 heavy (non-hydrogen) atoms. The molecule has 0 fully saturated rings. The minimum atomic E-state index is 0. The third kappa shape index (κ3) is 6.25. The lowest BCUT2D eigenvalue weighted by Gasteiger charge is -2.21. The number of ether oxygens (including phenoxy) is 1. The van der Waals surface area contributed by atoms with E-state index in [2.05, 4.69) is 53.6 Å². The van der Waals surface area contributed by atoms with Gasteiger partial charge in [-0.15, -0.1) is 46.7 Å². The average molecular weight is 545 g/mol. The van der Waals surface area contributed by atoms with Crippen molar-refractivity contribution in [3.8, 4) is 0 Å². The van der Waals surface area contributed by atoms with Crippen molar-refractivity contribution < 1.29 is 4.74 Å². The van der Waals surface area contributed by atoms with Gasteiger partial charge in [0.1, 0.15) is 11.1 Å². The van der Waals surface area contributed by atoms with Crippen molar-refractivity contribution >= 4 is 68.5 Å². The largest absolute Gasteiger partial charge is 0.375 e. The second kappa shape index (κ2) is 10.7. The van der Waals surface area contributed by atoms with Crippen LogP contribution in [0, 0.1) is 0 Å². The fourth-order valence-corrected chi connectivity index (χ4v) is 4.26. The van der Waals surface area contributed by atoms with Gasteiger partial charge in [0.05, 0.1) is 22.6 Å². The summed E-state index contributed by atoms with van der Waals surface area (Å²) in [5.41, 5.74) is 1.03. The van der Waals surface area contributed by atoms with Crippen molar-refractivity contribution in [2.45, 2.75) is 26.1 Å². The number of nitrogens with zero attached hydrogens (tertiary/aromatic N) is 3. The molecule has 2 aromatic heterocycles. The molecular formula is C15H22BrIN4OS2. The number of aliphatic imine (C=N–C) groups is 1. The van der Waals surface area contributed by atoms with Crippen LogP contribution in [0.3, 0.4) is 0 Å². The zero-order chi connectivity index (χ0) is 16.8. The number of thiazole rings is 1. The minimum absolute atomic E-state index is 0. The first-order valence-electron chi connectivity index (χ1n) is 7.16. The van der Waals surface area contributed by atoms with Gasteiger partial charge in [0.25, 0.3) is 0 Å². The van der Waals surface area contributed by atoms with E-state index in [1.54, 1.807) is 36.8 Å². The summed E-state index contributed by atoms with van der Waals surface area (Å²) in [6, 6.07) is 4.16. The molecule has 9 heteroatoms. The summed E-state index contributed by atoms with van der Waals surface area (Å²) in [7, 11) is 5.51. The highest BCUT2D eigenvalue weighted by molar-refractivity contribution is 14.0. The van der Waals surface area contributed by atoms with E-state index in [1.165, 1.54) is 4.88 Å². The molecule has 0 aliphatic heterocycles. The maximum absolute atomic E-state index is 5.31. The van der Waals surface area contributed by atoms with E-state index in [9.17, 15) is 0 Å². The lowest BCUT2D eigenvalue weighted by atomic mass is 10.4. The molecule has 134 valence electrons. The Morgan fingerprint density at radius 3 is 2.83 bits per heavy atom. The van der Waals surface area contributed by atoms with Gasteiger partial charge in [0, 0.05) is 31.5 Å². The van der Waals surface area contributed by atoms with E-state index in [-0.39, 0.29) is 30.1 Å². The van der Waals surface area contributed by atoms with Crippen LogP contribution in [0.1, 0.15) is 28.6 Å². The molecular weight excluding hydrogens is 523 g/mol. The average Bonchev–Trinajstić information content (AvgIpc) is 3.16. The summed E-state index contributed by atoms with van der Waals surface area (Å²) in [5.74, 6) is 0.851. The highest BCUT2D eigenvalue weighted by atomic mass is 127. The van der Waals surface area contributed by atoms with Crippen LogP contribution >= 0.6 is 62.6 Å². The summed E-state index contributed by atoms with van der Waals surface area (Å²) >= 11 is 6.83. The van der Waals surface area contributed by atoms with E-state index in [4.69, 9.17) is 4.74 Å². The summed E-state index contributed by atoms with van der Waals surface area (Å²) in [6.07, 6.45) is 0.0359. The number of hydrogen-bond donors (Lipinski definition) is 1.